The molecule has 5 heteroatoms. The Morgan fingerprint density at radius 1 is 1.12 bits per heavy atom. The topological polar surface area (TPSA) is 58.2 Å². The summed E-state index contributed by atoms with van der Waals surface area (Å²) in [6.07, 6.45) is 0. The van der Waals surface area contributed by atoms with Gasteiger partial charge in [0.05, 0.1) is 6.54 Å². The monoisotopic (exact) mass is 328 g/mol. The number of carbonyl (C=O) groups is 2. The first-order valence-corrected chi connectivity index (χ1v) is 7.81. The first-order chi connectivity index (χ1) is 11.4. The minimum absolute atomic E-state index is 0.179. The smallest absolute Gasteiger partial charge is 0.251 e. The quantitative estimate of drug-likeness (QED) is 0.880. The Bertz CT molecular complexity index is 757. The molecular weight excluding hydrogens is 307 g/mol. The van der Waals surface area contributed by atoms with E-state index in [2.05, 4.69) is 24.5 Å². The summed E-state index contributed by atoms with van der Waals surface area (Å²) in [6.45, 7) is 5.85. The number of halogens is 1. The van der Waals surface area contributed by atoms with Crippen LogP contribution in [0.1, 0.15) is 41.3 Å². The number of carbonyl (C=O) groups excluding carboxylic acids is 2. The number of rotatable bonds is 5. The fraction of sp³-hybridized carbons (Fsp3) is 0.263. The second-order valence-electron chi connectivity index (χ2n) is 5.94. The van der Waals surface area contributed by atoms with Crippen LogP contribution in [0.25, 0.3) is 0 Å². The van der Waals surface area contributed by atoms with E-state index in [1.807, 2.05) is 25.1 Å². The fourth-order valence-corrected chi connectivity index (χ4v) is 2.42. The average Bonchev–Trinajstić information content (AvgIpc) is 2.54. The average molecular weight is 328 g/mol. The van der Waals surface area contributed by atoms with Crippen molar-refractivity contribution in [1.82, 2.24) is 5.32 Å². The Morgan fingerprint density at radius 3 is 2.50 bits per heavy atom. The maximum atomic E-state index is 13.1. The van der Waals surface area contributed by atoms with Crippen molar-refractivity contribution in [1.29, 1.82) is 0 Å². The lowest BCUT2D eigenvalue weighted by Crippen LogP contribution is -2.33. The molecule has 0 atom stereocenters. The van der Waals surface area contributed by atoms with Gasteiger partial charge in [-0.3, -0.25) is 9.59 Å². The Labute approximate surface area is 141 Å². The molecule has 0 aliphatic carbocycles. The van der Waals surface area contributed by atoms with Gasteiger partial charge < -0.3 is 10.6 Å². The van der Waals surface area contributed by atoms with Gasteiger partial charge in [0.15, 0.2) is 0 Å². The molecule has 0 saturated heterocycles. The number of hydrogen-bond donors (Lipinski definition) is 2. The molecule has 0 heterocycles. The number of amides is 2. The second kappa shape index (κ2) is 7.73. The van der Waals surface area contributed by atoms with E-state index in [4.69, 9.17) is 0 Å². The summed E-state index contributed by atoms with van der Waals surface area (Å²) >= 11 is 0. The molecule has 0 spiro atoms. The van der Waals surface area contributed by atoms with E-state index < -0.39 is 11.7 Å². The zero-order chi connectivity index (χ0) is 17.7. The molecule has 0 bridgehead atoms. The molecule has 126 valence electrons. The van der Waals surface area contributed by atoms with Crippen LogP contribution in [0.5, 0.6) is 0 Å². The van der Waals surface area contributed by atoms with Gasteiger partial charge in [0.25, 0.3) is 5.91 Å². The lowest BCUT2D eigenvalue weighted by Gasteiger charge is -2.16. The zero-order valence-corrected chi connectivity index (χ0v) is 14.0. The summed E-state index contributed by atoms with van der Waals surface area (Å²) in [4.78, 5) is 24.1. The molecule has 0 radical (unpaired) electrons. The van der Waals surface area contributed by atoms with Crippen molar-refractivity contribution in [2.45, 2.75) is 26.7 Å². The van der Waals surface area contributed by atoms with Crippen LogP contribution in [0.3, 0.4) is 0 Å². The third-order valence-corrected chi connectivity index (χ3v) is 3.69. The maximum Gasteiger partial charge on any atom is 0.251 e. The number of hydrogen-bond acceptors (Lipinski definition) is 2. The largest absolute Gasteiger partial charge is 0.343 e. The summed E-state index contributed by atoms with van der Waals surface area (Å²) in [5, 5.41) is 5.35. The van der Waals surface area contributed by atoms with E-state index >= 15 is 0 Å². The molecule has 0 fully saturated rings. The van der Waals surface area contributed by atoms with Crippen LogP contribution in [-0.4, -0.2) is 18.4 Å². The third-order valence-electron chi connectivity index (χ3n) is 3.69. The molecule has 2 rings (SSSR count). The number of nitrogens with one attached hydrogen (secondary N) is 2. The van der Waals surface area contributed by atoms with Gasteiger partial charge in [0, 0.05) is 11.3 Å². The van der Waals surface area contributed by atoms with Crippen molar-refractivity contribution >= 4 is 17.5 Å². The van der Waals surface area contributed by atoms with Crippen LogP contribution in [-0.2, 0) is 4.79 Å². The number of aryl methyl sites for hydroxylation is 1. The van der Waals surface area contributed by atoms with Gasteiger partial charge in [-0.2, -0.15) is 0 Å². The van der Waals surface area contributed by atoms with Crippen LogP contribution < -0.4 is 10.6 Å². The normalized spacial score (nSPS) is 10.5. The predicted molar refractivity (Wildman–Crippen MR) is 92.6 cm³/mol. The molecular formula is C19H21FN2O2. The highest BCUT2D eigenvalue weighted by Crippen LogP contribution is 2.27. The molecule has 0 aliphatic heterocycles. The van der Waals surface area contributed by atoms with Crippen LogP contribution in [0.2, 0.25) is 0 Å². The van der Waals surface area contributed by atoms with Crippen molar-refractivity contribution in [3.8, 4) is 0 Å². The minimum atomic E-state index is -0.492. The highest BCUT2D eigenvalue weighted by molar-refractivity contribution is 5.99. The fourth-order valence-electron chi connectivity index (χ4n) is 2.42. The summed E-state index contributed by atoms with van der Waals surface area (Å²) in [5.41, 5.74) is 2.96. The zero-order valence-electron chi connectivity index (χ0n) is 14.0. The van der Waals surface area contributed by atoms with Gasteiger partial charge in [-0.25, -0.2) is 4.39 Å². The van der Waals surface area contributed by atoms with E-state index in [1.165, 1.54) is 18.2 Å². The van der Waals surface area contributed by atoms with Crippen molar-refractivity contribution < 1.29 is 14.0 Å². The molecule has 0 saturated carbocycles. The standard InChI is InChI=1S/C19H21FN2O2/c1-12(2)16-9-4-6-13(3)18(16)22-17(23)11-21-19(24)14-7-5-8-15(20)10-14/h4-10,12H,11H2,1-3H3,(H,21,24)(H,22,23). The maximum absolute atomic E-state index is 13.1. The summed E-state index contributed by atoms with van der Waals surface area (Å²) in [7, 11) is 0. The summed E-state index contributed by atoms with van der Waals surface area (Å²) in [5.74, 6) is -1.04. The lowest BCUT2D eigenvalue weighted by atomic mass is 9.98. The van der Waals surface area contributed by atoms with Crippen LogP contribution >= 0.6 is 0 Å². The van der Waals surface area contributed by atoms with E-state index in [9.17, 15) is 14.0 Å². The van der Waals surface area contributed by atoms with E-state index in [0.717, 1.165) is 22.9 Å². The second-order valence-corrected chi connectivity index (χ2v) is 5.94. The third kappa shape index (κ3) is 4.41. The first kappa shape index (κ1) is 17.7. The van der Waals surface area contributed by atoms with Gasteiger partial charge in [-0.1, -0.05) is 38.1 Å². The molecule has 2 aromatic rings. The highest BCUT2D eigenvalue weighted by atomic mass is 19.1. The Balaban J connectivity index is 2.01. The Hall–Kier alpha value is -2.69. The molecule has 0 aliphatic rings. The number of benzene rings is 2. The number of anilines is 1. The van der Waals surface area contributed by atoms with Crippen molar-refractivity contribution in [3.05, 3.63) is 65.0 Å². The van der Waals surface area contributed by atoms with Gasteiger partial charge in [-0.15, -0.1) is 0 Å². The van der Waals surface area contributed by atoms with E-state index in [0.29, 0.717) is 0 Å². The van der Waals surface area contributed by atoms with Gasteiger partial charge in [0.1, 0.15) is 5.82 Å². The Kier molecular flexibility index (Phi) is 5.68. The molecule has 2 amide bonds. The lowest BCUT2D eigenvalue weighted by molar-refractivity contribution is -0.115. The SMILES string of the molecule is Cc1cccc(C(C)C)c1NC(=O)CNC(=O)c1cccc(F)c1. The molecule has 24 heavy (non-hydrogen) atoms. The molecule has 0 unspecified atom stereocenters. The van der Waals surface area contributed by atoms with E-state index in [1.54, 1.807) is 0 Å². The molecule has 2 N–H and O–H groups in total. The Morgan fingerprint density at radius 2 is 1.83 bits per heavy atom. The predicted octanol–water partition coefficient (Wildman–Crippen LogP) is 3.63. The first-order valence-electron chi connectivity index (χ1n) is 7.81. The van der Waals surface area contributed by atoms with Crippen molar-refractivity contribution in [2.75, 3.05) is 11.9 Å². The minimum Gasteiger partial charge on any atom is -0.343 e. The molecule has 0 aromatic heterocycles. The van der Waals surface area contributed by atoms with Gasteiger partial charge in [0.2, 0.25) is 5.91 Å². The van der Waals surface area contributed by atoms with Crippen LogP contribution in [0, 0.1) is 12.7 Å². The molecule has 2 aromatic carbocycles. The highest BCUT2D eigenvalue weighted by Gasteiger charge is 2.13. The van der Waals surface area contributed by atoms with Crippen LogP contribution in [0.4, 0.5) is 10.1 Å². The van der Waals surface area contributed by atoms with Crippen molar-refractivity contribution in [3.63, 3.8) is 0 Å². The summed E-state index contributed by atoms with van der Waals surface area (Å²) in [6, 6.07) is 11.2. The van der Waals surface area contributed by atoms with Crippen molar-refractivity contribution in [2.24, 2.45) is 0 Å². The van der Waals surface area contributed by atoms with Gasteiger partial charge >= 0.3 is 0 Å². The summed E-state index contributed by atoms with van der Waals surface area (Å²) < 4.78 is 13.1. The van der Waals surface area contributed by atoms with E-state index in [-0.39, 0.29) is 23.9 Å². The number of para-hydroxylation sites is 1. The molecule has 4 nitrogen and oxygen atoms in total. The van der Waals surface area contributed by atoms with Crippen LogP contribution in [0.15, 0.2) is 42.5 Å². The van der Waals surface area contributed by atoms with Gasteiger partial charge in [-0.05, 0) is 42.2 Å².